The van der Waals surface area contributed by atoms with Crippen molar-refractivity contribution < 1.29 is 17.6 Å². The van der Waals surface area contributed by atoms with Crippen molar-refractivity contribution in [3.05, 3.63) is 57.8 Å². The van der Waals surface area contributed by atoms with Crippen LogP contribution >= 0.6 is 11.6 Å². The van der Waals surface area contributed by atoms with Crippen LogP contribution in [0.1, 0.15) is 33.6 Å². The van der Waals surface area contributed by atoms with Gasteiger partial charge in [0.25, 0.3) is 0 Å². The Kier molecular flexibility index (Phi) is 3.63. The summed E-state index contributed by atoms with van der Waals surface area (Å²) in [4.78, 5) is 0. The van der Waals surface area contributed by atoms with Crippen molar-refractivity contribution >= 4 is 11.6 Å². The molecular weight excluding hydrogens is 277 g/mol. The van der Waals surface area contributed by atoms with Gasteiger partial charge in [-0.2, -0.15) is 0 Å². The van der Waals surface area contributed by atoms with Crippen LogP contribution < -0.4 is 0 Å². The van der Waals surface area contributed by atoms with Crippen molar-refractivity contribution in [2.45, 2.75) is 26.1 Å². The van der Waals surface area contributed by atoms with Crippen molar-refractivity contribution in [1.82, 2.24) is 0 Å². The monoisotopic (exact) mass is 288 g/mol. The first kappa shape index (κ1) is 14.0. The van der Waals surface area contributed by atoms with Crippen molar-refractivity contribution in [2.75, 3.05) is 0 Å². The lowest BCUT2D eigenvalue weighted by atomic mass is 9.99. The predicted molar refractivity (Wildman–Crippen MR) is 66.9 cm³/mol. The molecule has 1 aromatic heterocycles. The van der Waals surface area contributed by atoms with Gasteiger partial charge in [-0.3, -0.25) is 0 Å². The number of aryl methyl sites for hydroxylation is 2. The molecule has 0 aliphatic heterocycles. The SMILES string of the molecule is Cc1oc(C)c(C(Cl)c2c(F)cc(F)cc2F)c1C. The minimum absolute atomic E-state index is 0.366. The van der Waals surface area contributed by atoms with Gasteiger partial charge in [0.2, 0.25) is 0 Å². The van der Waals surface area contributed by atoms with E-state index in [-0.39, 0.29) is 5.56 Å². The van der Waals surface area contributed by atoms with Gasteiger partial charge in [-0.05, 0) is 26.3 Å². The largest absolute Gasteiger partial charge is 0.466 e. The Morgan fingerprint density at radius 3 is 1.89 bits per heavy atom. The zero-order valence-corrected chi connectivity index (χ0v) is 11.4. The van der Waals surface area contributed by atoms with Crippen LogP contribution in [0.25, 0.3) is 0 Å². The Labute approximate surface area is 114 Å². The van der Waals surface area contributed by atoms with E-state index in [1.807, 2.05) is 0 Å². The molecule has 1 aromatic carbocycles. The van der Waals surface area contributed by atoms with Gasteiger partial charge in [0, 0.05) is 23.3 Å². The van der Waals surface area contributed by atoms with E-state index in [4.69, 9.17) is 16.0 Å². The van der Waals surface area contributed by atoms with Crippen LogP contribution in [0.4, 0.5) is 13.2 Å². The number of hydrogen-bond acceptors (Lipinski definition) is 1. The fraction of sp³-hybridized carbons (Fsp3) is 0.286. The van der Waals surface area contributed by atoms with Crippen LogP contribution in [0.5, 0.6) is 0 Å². The normalized spacial score (nSPS) is 12.8. The maximum atomic E-state index is 13.7. The molecule has 19 heavy (non-hydrogen) atoms. The quantitative estimate of drug-likeness (QED) is 0.713. The first-order valence-corrected chi connectivity index (χ1v) is 6.11. The summed E-state index contributed by atoms with van der Waals surface area (Å²) < 4.78 is 45.7. The molecule has 0 radical (unpaired) electrons. The fourth-order valence-electron chi connectivity index (χ4n) is 2.12. The zero-order valence-electron chi connectivity index (χ0n) is 10.7. The molecule has 1 atom stereocenters. The molecule has 0 bridgehead atoms. The average molecular weight is 289 g/mol. The Bertz CT molecular complexity index is 611. The molecule has 0 aliphatic carbocycles. The van der Waals surface area contributed by atoms with Gasteiger partial charge in [-0.25, -0.2) is 13.2 Å². The maximum absolute atomic E-state index is 13.7. The molecule has 1 heterocycles. The van der Waals surface area contributed by atoms with Crippen LogP contribution in [0, 0.1) is 38.2 Å². The van der Waals surface area contributed by atoms with Crippen molar-refractivity contribution in [3.63, 3.8) is 0 Å². The van der Waals surface area contributed by atoms with Crippen molar-refractivity contribution in [1.29, 1.82) is 0 Å². The van der Waals surface area contributed by atoms with Crippen LogP contribution in [0.3, 0.4) is 0 Å². The topological polar surface area (TPSA) is 13.1 Å². The minimum atomic E-state index is -1.06. The number of halogens is 4. The summed E-state index contributed by atoms with van der Waals surface area (Å²) in [5.41, 5.74) is 0.888. The lowest BCUT2D eigenvalue weighted by Crippen LogP contribution is -2.04. The molecule has 2 aromatic rings. The number of hydrogen-bond donors (Lipinski definition) is 0. The van der Waals surface area contributed by atoms with Crippen LogP contribution in [-0.2, 0) is 0 Å². The number of rotatable bonds is 2. The van der Waals surface area contributed by atoms with E-state index < -0.39 is 22.8 Å². The average Bonchev–Trinajstić information content (AvgIpc) is 2.51. The second-order valence-corrected chi connectivity index (χ2v) is 4.84. The Morgan fingerprint density at radius 2 is 1.47 bits per heavy atom. The molecule has 0 spiro atoms. The molecule has 102 valence electrons. The molecule has 5 heteroatoms. The van der Waals surface area contributed by atoms with E-state index in [1.165, 1.54) is 0 Å². The highest BCUT2D eigenvalue weighted by atomic mass is 35.5. The third-order valence-corrected chi connectivity index (χ3v) is 3.60. The second-order valence-electron chi connectivity index (χ2n) is 4.40. The van der Waals surface area contributed by atoms with Gasteiger partial charge in [-0.1, -0.05) is 0 Å². The highest BCUT2D eigenvalue weighted by Crippen LogP contribution is 2.38. The van der Waals surface area contributed by atoms with E-state index in [0.717, 1.165) is 5.56 Å². The van der Waals surface area contributed by atoms with Gasteiger partial charge in [0.15, 0.2) is 0 Å². The number of alkyl halides is 1. The van der Waals surface area contributed by atoms with E-state index in [2.05, 4.69) is 0 Å². The Morgan fingerprint density at radius 1 is 0.947 bits per heavy atom. The molecule has 0 saturated heterocycles. The lowest BCUT2D eigenvalue weighted by molar-refractivity contribution is 0.498. The molecule has 0 amide bonds. The van der Waals surface area contributed by atoms with Gasteiger partial charge < -0.3 is 4.42 Å². The summed E-state index contributed by atoms with van der Waals surface area (Å²) in [5, 5.41) is -1.06. The fourth-order valence-corrected chi connectivity index (χ4v) is 2.65. The smallest absolute Gasteiger partial charge is 0.134 e. The molecule has 0 saturated carbocycles. The summed E-state index contributed by atoms with van der Waals surface area (Å²) in [6.07, 6.45) is 0. The molecule has 0 N–H and O–H groups in total. The summed E-state index contributed by atoms with van der Waals surface area (Å²) in [7, 11) is 0. The zero-order chi connectivity index (χ0) is 14.3. The second kappa shape index (κ2) is 4.93. The van der Waals surface area contributed by atoms with Crippen LogP contribution in [0.2, 0.25) is 0 Å². The third-order valence-electron chi connectivity index (χ3n) is 3.17. The molecular formula is C14H12ClF3O. The first-order chi connectivity index (χ1) is 8.82. The van der Waals surface area contributed by atoms with E-state index >= 15 is 0 Å². The van der Waals surface area contributed by atoms with E-state index in [9.17, 15) is 13.2 Å². The predicted octanol–water partition coefficient (Wildman–Crippen LogP) is 4.95. The molecule has 0 fully saturated rings. The van der Waals surface area contributed by atoms with Crippen LogP contribution in [-0.4, -0.2) is 0 Å². The lowest BCUT2D eigenvalue weighted by Gasteiger charge is -2.13. The maximum Gasteiger partial charge on any atom is 0.134 e. The van der Waals surface area contributed by atoms with Crippen LogP contribution in [0.15, 0.2) is 16.5 Å². The van der Waals surface area contributed by atoms with Gasteiger partial charge in [-0.15, -0.1) is 11.6 Å². The molecule has 1 unspecified atom stereocenters. The molecule has 0 aliphatic rings. The summed E-state index contributed by atoms with van der Waals surface area (Å²) in [6.45, 7) is 5.17. The standard InChI is InChI=1S/C14H12ClF3O/c1-6-7(2)19-8(3)12(6)14(15)13-10(17)4-9(16)5-11(13)18/h4-5,14H,1-3H3. The summed E-state index contributed by atoms with van der Waals surface area (Å²) in [6, 6.07) is 1.23. The van der Waals surface area contributed by atoms with Gasteiger partial charge in [0.05, 0.1) is 5.38 Å². The number of furan rings is 1. The van der Waals surface area contributed by atoms with Gasteiger partial charge in [0.1, 0.15) is 29.0 Å². The minimum Gasteiger partial charge on any atom is -0.466 e. The highest BCUT2D eigenvalue weighted by Gasteiger charge is 2.26. The summed E-state index contributed by atoms with van der Waals surface area (Å²) in [5.74, 6) is -1.84. The van der Waals surface area contributed by atoms with Crippen molar-refractivity contribution in [2.24, 2.45) is 0 Å². The molecule has 2 rings (SSSR count). The van der Waals surface area contributed by atoms with E-state index in [0.29, 0.717) is 29.2 Å². The summed E-state index contributed by atoms with van der Waals surface area (Å²) >= 11 is 6.16. The van der Waals surface area contributed by atoms with E-state index in [1.54, 1.807) is 20.8 Å². The molecule has 1 nitrogen and oxygen atoms in total. The number of benzene rings is 1. The van der Waals surface area contributed by atoms with Crippen molar-refractivity contribution in [3.8, 4) is 0 Å². The Balaban J connectivity index is 2.59. The first-order valence-electron chi connectivity index (χ1n) is 5.68. The van der Waals surface area contributed by atoms with Gasteiger partial charge >= 0.3 is 0 Å². The highest BCUT2D eigenvalue weighted by molar-refractivity contribution is 6.22. The Hall–Kier alpha value is -1.42. The third kappa shape index (κ3) is 2.37.